The van der Waals surface area contributed by atoms with Gasteiger partial charge in [-0.2, -0.15) is 0 Å². The second-order valence-corrected chi connectivity index (χ2v) is 5.28. The maximum Gasteiger partial charge on any atom is 1.00 e. The van der Waals surface area contributed by atoms with E-state index < -0.39 is 7.82 Å². The average Bonchev–Trinajstić information content (AvgIpc) is 2.53. The van der Waals surface area contributed by atoms with Crippen LogP contribution in [0.3, 0.4) is 0 Å². The van der Waals surface area contributed by atoms with Crippen molar-refractivity contribution in [1.82, 2.24) is 4.98 Å². The second kappa shape index (κ2) is 8.17. The summed E-state index contributed by atoms with van der Waals surface area (Å²) in [5.41, 5.74) is 0.580. The number of aromatic amines is 1. The Bertz CT molecular complexity index is 604. The van der Waals surface area contributed by atoms with Crippen molar-refractivity contribution in [2.24, 2.45) is 0 Å². The molecule has 0 fully saturated rings. The predicted molar refractivity (Wildman–Crippen MR) is 62.9 cm³/mol. The van der Waals surface area contributed by atoms with Gasteiger partial charge in [0.2, 0.25) is 0 Å². The number of H-pyrrole nitrogens is 1. The van der Waals surface area contributed by atoms with E-state index in [0.717, 1.165) is 0 Å². The molecule has 94 valence electrons. The number of hydrogen-bond donors (Lipinski definition) is 1. The molecule has 0 unspecified atom stereocenters. The monoisotopic (exact) mass is 355 g/mol. The Balaban J connectivity index is 0. The standard InChI is InChI=1S/C8H6BrClNO4P.2Li.H2O/c9-4-1-2-5-7(8(4)10)6(3-11-5)15-16(12,13)14;;;/h1-3,11H,(H2,12,13,14);;;1H2/q;2*+1;/p-2. The van der Waals surface area contributed by atoms with E-state index in [4.69, 9.17) is 11.6 Å². The maximum absolute atomic E-state index is 10.5. The SMILES string of the molecule is O.O=P([O-])([O-])Oc1c[nH]c2ccc(Br)c(Cl)c12.[Li+].[Li+]. The summed E-state index contributed by atoms with van der Waals surface area (Å²) in [6.07, 6.45) is 1.27. The molecule has 0 atom stereocenters. The van der Waals surface area contributed by atoms with E-state index >= 15 is 0 Å². The summed E-state index contributed by atoms with van der Waals surface area (Å²) in [5, 5.41) is 0.630. The molecular formula is C8H6BrClLi2NO5P. The second-order valence-electron chi connectivity index (χ2n) is 2.98. The van der Waals surface area contributed by atoms with Gasteiger partial charge in [0.05, 0.1) is 15.9 Å². The summed E-state index contributed by atoms with van der Waals surface area (Å²) in [4.78, 5) is 23.8. The van der Waals surface area contributed by atoms with Crippen LogP contribution >= 0.6 is 35.4 Å². The number of rotatable bonds is 2. The Hall–Kier alpha value is 0.635. The minimum absolute atomic E-state index is 0. The number of hydrogen-bond acceptors (Lipinski definition) is 4. The Kier molecular flexibility index (Phi) is 9.43. The van der Waals surface area contributed by atoms with Crippen molar-refractivity contribution < 1.29 is 62.1 Å². The van der Waals surface area contributed by atoms with E-state index in [2.05, 4.69) is 25.4 Å². The van der Waals surface area contributed by atoms with Gasteiger partial charge in [-0.1, -0.05) is 11.6 Å². The summed E-state index contributed by atoms with van der Waals surface area (Å²) >= 11 is 9.15. The Morgan fingerprint density at radius 2 is 1.89 bits per heavy atom. The topological polar surface area (TPSA) is 120 Å². The first kappa shape index (κ1) is 21.9. The van der Waals surface area contributed by atoms with Gasteiger partial charge >= 0.3 is 37.7 Å². The third-order valence-corrected chi connectivity index (χ3v) is 3.61. The van der Waals surface area contributed by atoms with Crippen molar-refractivity contribution in [2.45, 2.75) is 0 Å². The van der Waals surface area contributed by atoms with Crippen LogP contribution in [-0.2, 0) is 4.57 Å². The van der Waals surface area contributed by atoms with Crippen molar-refractivity contribution >= 4 is 46.3 Å². The van der Waals surface area contributed by atoms with Crippen molar-refractivity contribution in [2.75, 3.05) is 0 Å². The molecule has 3 N–H and O–H groups in total. The first-order chi connectivity index (χ1) is 7.38. The Morgan fingerprint density at radius 1 is 1.32 bits per heavy atom. The molecule has 2 aromatic rings. The zero-order valence-electron chi connectivity index (χ0n) is 10.1. The molecule has 0 spiro atoms. The molecule has 1 heterocycles. The van der Waals surface area contributed by atoms with Crippen LogP contribution < -0.4 is 52.0 Å². The smallest absolute Gasteiger partial charge is 0.780 e. The number of phosphoric acid groups is 1. The molecule has 0 aliphatic carbocycles. The summed E-state index contributed by atoms with van der Waals surface area (Å²) in [5.74, 6) is -0.102. The van der Waals surface area contributed by atoms with Crippen LogP contribution in [0.1, 0.15) is 0 Å². The van der Waals surface area contributed by atoms with Gasteiger partial charge in [0, 0.05) is 10.7 Å². The van der Waals surface area contributed by atoms with Crippen molar-refractivity contribution in [1.29, 1.82) is 0 Å². The predicted octanol–water partition coefficient (Wildman–Crippen LogP) is -5.03. The molecular weight excluding hydrogens is 350 g/mol. The van der Waals surface area contributed by atoms with Crippen molar-refractivity contribution in [3.63, 3.8) is 0 Å². The molecule has 11 heteroatoms. The van der Waals surface area contributed by atoms with E-state index in [0.29, 0.717) is 15.4 Å². The molecule has 2 rings (SSSR count). The summed E-state index contributed by atoms with van der Waals surface area (Å²) in [6.45, 7) is 0. The summed E-state index contributed by atoms with van der Waals surface area (Å²) < 4.78 is 15.4. The van der Waals surface area contributed by atoms with Crippen LogP contribution in [0.4, 0.5) is 0 Å². The van der Waals surface area contributed by atoms with Crippen LogP contribution in [0.5, 0.6) is 5.75 Å². The van der Waals surface area contributed by atoms with Crippen LogP contribution in [0.15, 0.2) is 22.8 Å². The van der Waals surface area contributed by atoms with Gasteiger partial charge in [0.1, 0.15) is 7.82 Å². The van der Waals surface area contributed by atoms with E-state index in [1.807, 2.05) is 0 Å². The quantitative estimate of drug-likeness (QED) is 0.428. The molecule has 0 radical (unpaired) electrons. The maximum atomic E-state index is 10.5. The fraction of sp³-hybridized carbons (Fsp3) is 0. The van der Waals surface area contributed by atoms with Gasteiger partial charge in [0.25, 0.3) is 0 Å². The molecule has 1 aromatic carbocycles. The Morgan fingerprint density at radius 3 is 2.42 bits per heavy atom. The third kappa shape index (κ3) is 5.15. The normalized spacial score (nSPS) is 10.1. The molecule has 19 heavy (non-hydrogen) atoms. The number of fused-ring (bicyclic) bond motifs is 1. The van der Waals surface area contributed by atoms with Crippen molar-refractivity contribution in [3.05, 3.63) is 27.8 Å². The van der Waals surface area contributed by atoms with E-state index in [1.54, 1.807) is 12.1 Å². The molecule has 0 bridgehead atoms. The summed E-state index contributed by atoms with van der Waals surface area (Å²) in [7, 11) is -5.09. The van der Waals surface area contributed by atoms with Gasteiger partial charge in [-0.05, 0) is 28.1 Å². The molecule has 0 aliphatic heterocycles. The van der Waals surface area contributed by atoms with Crippen LogP contribution in [0, 0.1) is 0 Å². The van der Waals surface area contributed by atoms with E-state index in [9.17, 15) is 14.4 Å². The number of nitrogens with one attached hydrogen (secondary N) is 1. The zero-order valence-corrected chi connectivity index (χ0v) is 13.3. The average molecular weight is 356 g/mol. The fourth-order valence-electron chi connectivity index (χ4n) is 1.32. The number of halogens is 2. The van der Waals surface area contributed by atoms with Crippen LogP contribution in [-0.4, -0.2) is 10.5 Å². The minimum atomic E-state index is -5.09. The molecule has 0 saturated carbocycles. The number of benzene rings is 1. The molecule has 6 nitrogen and oxygen atoms in total. The van der Waals surface area contributed by atoms with Crippen LogP contribution in [0.2, 0.25) is 5.02 Å². The van der Waals surface area contributed by atoms with Gasteiger partial charge in [-0.15, -0.1) is 0 Å². The summed E-state index contributed by atoms with van der Waals surface area (Å²) in [6, 6.07) is 3.37. The fourth-order valence-corrected chi connectivity index (χ4v) is 2.29. The first-order valence-electron chi connectivity index (χ1n) is 4.05. The third-order valence-electron chi connectivity index (χ3n) is 1.91. The Labute approximate surface area is 146 Å². The molecule has 1 aromatic heterocycles. The number of phosphoric ester groups is 1. The first-order valence-corrected chi connectivity index (χ1v) is 6.68. The van der Waals surface area contributed by atoms with E-state index in [1.165, 1.54) is 6.20 Å². The molecule has 0 saturated heterocycles. The van der Waals surface area contributed by atoms with Gasteiger partial charge < -0.3 is 29.3 Å². The molecule has 0 amide bonds. The molecule has 0 aliphatic rings. The van der Waals surface area contributed by atoms with Gasteiger partial charge in [-0.3, -0.25) is 0 Å². The van der Waals surface area contributed by atoms with Crippen molar-refractivity contribution in [3.8, 4) is 5.75 Å². The van der Waals surface area contributed by atoms with Gasteiger partial charge in [0.15, 0.2) is 5.75 Å². The minimum Gasteiger partial charge on any atom is -0.780 e. The number of aromatic nitrogens is 1. The van der Waals surface area contributed by atoms with E-state index in [-0.39, 0.29) is 54.0 Å². The van der Waals surface area contributed by atoms with Gasteiger partial charge in [-0.25, -0.2) is 0 Å². The largest absolute Gasteiger partial charge is 1.00 e. The zero-order chi connectivity index (χ0) is 11.9. The van der Waals surface area contributed by atoms with Crippen LogP contribution in [0.25, 0.3) is 10.9 Å².